The van der Waals surface area contributed by atoms with Gasteiger partial charge in [-0.05, 0) is 48.6 Å². The fraction of sp³-hybridized carbons (Fsp3) is 0.588. The summed E-state index contributed by atoms with van der Waals surface area (Å²) in [7, 11) is 0. The maximum absolute atomic E-state index is 11.4. The maximum Gasteiger partial charge on any atom is 0.307 e. The van der Waals surface area contributed by atoms with Crippen LogP contribution in [0.2, 0.25) is 0 Å². The largest absolute Gasteiger partial charge is 0.481 e. The van der Waals surface area contributed by atoms with E-state index in [4.69, 9.17) is 0 Å². The van der Waals surface area contributed by atoms with Crippen molar-refractivity contribution in [2.24, 2.45) is 5.92 Å². The topological polar surface area (TPSA) is 37.3 Å². The summed E-state index contributed by atoms with van der Waals surface area (Å²) in [6.45, 7) is 0. The fourth-order valence-corrected chi connectivity index (χ4v) is 3.58. The smallest absolute Gasteiger partial charge is 0.307 e. The molecule has 2 aliphatic carbocycles. The lowest BCUT2D eigenvalue weighted by molar-refractivity contribution is -0.143. The average molecular weight is 258 g/mol. The number of rotatable bonds is 3. The van der Waals surface area contributed by atoms with Gasteiger partial charge in [-0.3, -0.25) is 4.79 Å². The van der Waals surface area contributed by atoms with Crippen LogP contribution in [0.25, 0.3) is 0 Å². The van der Waals surface area contributed by atoms with Crippen molar-refractivity contribution in [3.8, 4) is 0 Å². The zero-order valence-electron chi connectivity index (χ0n) is 11.3. The molecule has 1 aromatic carbocycles. The first-order chi connectivity index (χ1) is 9.25. The summed E-state index contributed by atoms with van der Waals surface area (Å²) >= 11 is 0. The monoisotopic (exact) mass is 258 g/mol. The molecule has 2 unspecified atom stereocenters. The predicted octanol–water partition coefficient (Wildman–Crippen LogP) is 4.31. The molecule has 2 fully saturated rings. The Morgan fingerprint density at radius 3 is 2.11 bits per heavy atom. The molecule has 102 valence electrons. The van der Waals surface area contributed by atoms with Gasteiger partial charge in [0, 0.05) is 0 Å². The van der Waals surface area contributed by atoms with Crippen LogP contribution in [-0.2, 0) is 4.79 Å². The molecule has 19 heavy (non-hydrogen) atoms. The normalized spacial score (nSPS) is 27.8. The minimum absolute atomic E-state index is 0.177. The van der Waals surface area contributed by atoms with Crippen molar-refractivity contribution in [2.45, 2.75) is 56.8 Å². The molecule has 2 aliphatic rings. The van der Waals surface area contributed by atoms with Gasteiger partial charge in [0.15, 0.2) is 0 Å². The first kappa shape index (κ1) is 12.7. The lowest BCUT2D eigenvalue weighted by Gasteiger charge is -2.30. The van der Waals surface area contributed by atoms with Gasteiger partial charge < -0.3 is 5.11 Å². The highest BCUT2D eigenvalue weighted by molar-refractivity contribution is 5.71. The summed E-state index contributed by atoms with van der Waals surface area (Å²) in [5.41, 5.74) is 2.67. The Kier molecular flexibility index (Phi) is 3.58. The van der Waals surface area contributed by atoms with Gasteiger partial charge in [-0.1, -0.05) is 43.5 Å². The number of hydrogen-bond donors (Lipinski definition) is 1. The second kappa shape index (κ2) is 5.36. The van der Waals surface area contributed by atoms with E-state index in [1.165, 1.54) is 36.8 Å². The van der Waals surface area contributed by atoms with Crippen LogP contribution in [0.15, 0.2) is 24.3 Å². The van der Waals surface area contributed by atoms with Crippen molar-refractivity contribution >= 4 is 5.97 Å². The highest BCUT2D eigenvalue weighted by Crippen LogP contribution is 2.40. The van der Waals surface area contributed by atoms with E-state index in [-0.39, 0.29) is 11.8 Å². The molecule has 0 aromatic heterocycles. The van der Waals surface area contributed by atoms with Crippen LogP contribution in [-0.4, -0.2) is 11.1 Å². The molecular formula is C17H22O2. The molecular weight excluding hydrogens is 236 g/mol. The third-order valence-electron chi connectivity index (χ3n) is 5.02. The van der Waals surface area contributed by atoms with Crippen molar-refractivity contribution < 1.29 is 9.90 Å². The van der Waals surface area contributed by atoms with E-state index < -0.39 is 5.97 Å². The summed E-state index contributed by atoms with van der Waals surface area (Å²) in [5.74, 6) is 0.188. The standard InChI is InChI=1S/C17H22O2/c18-17(19)16-7-2-1-6-15(16)14-10-8-13(9-11-14)12-4-3-5-12/h8-12,15-16H,1-7H2,(H,18,19). The number of carbonyl (C=O) groups is 1. The first-order valence-electron chi connectivity index (χ1n) is 7.58. The van der Waals surface area contributed by atoms with Gasteiger partial charge in [0.1, 0.15) is 0 Å². The number of benzene rings is 1. The molecule has 2 saturated carbocycles. The van der Waals surface area contributed by atoms with Gasteiger partial charge >= 0.3 is 5.97 Å². The molecule has 0 spiro atoms. The van der Waals surface area contributed by atoms with E-state index >= 15 is 0 Å². The lowest BCUT2D eigenvalue weighted by Crippen LogP contribution is -2.25. The Hall–Kier alpha value is -1.31. The minimum atomic E-state index is -0.618. The number of carboxylic acids is 1. The van der Waals surface area contributed by atoms with Crippen molar-refractivity contribution in [2.75, 3.05) is 0 Å². The molecule has 0 saturated heterocycles. The highest BCUT2D eigenvalue weighted by Gasteiger charge is 2.31. The molecule has 0 heterocycles. The summed E-state index contributed by atoms with van der Waals surface area (Å²) < 4.78 is 0. The summed E-state index contributed by atoms with van der Waals surface area (Å²) in [6, 6.07) is 8.82. The molecule has 0 bridgehead atoms. The Morgan fingerprint density at radius 1 is 0.895 bits per heavy atom. The van der Waals surface area contributed by atoms with E-state index in [1.807, 2.05) is 0 Å². The van der Waals surface area contributed by atoms with Crippen LogP contribution >= 0.6 is 0 Å². The third-order valence-corrected chi connectivity index (χ3v) is 5.02. The second-order valence-electron chi connectivity index (χ2n) is 6.13. The molecule has 0 aliphatic heterocycles. The van der Waals surface area contributed by atoms with E-state index in [0.29, 0.717) is 0 Å². The fourth-order valence-electron chi connectivity index (χ4n) is 3.58. The third kappa shape index (κ3) is 2.54. The van der Waals surface area contributed by atoms with E-state index in [0.717, 1.165) is 25.2 Å². The van der Waals surface area contributed by atoms with Crippen LogP contribution in [0, 0.1) is 5.92 Å². The average Bonchev–Trinajstić information content (AvgIpc) is 2.37. The Morgan fingerprint density at radius 2 is 1.53 bits per heavy atom. The van der Waals surface area contributed by atoms with Crippen molar-refractivity contribution in [1.82, 2.24) is 0 Å². The number of carboxylic acid groups (broad SMARTS) is 1. The van der Waals surface area contributed by atoms with Crippen LogP contribution < -0.4 is 0 Å². The van der Waals surface area contributed by atoms with Crippen LogP contribution in [0.4, 0.5) is 0 Å². The zero-order valence-corrected chi connectivity index (χ0v) is 11.3. The molecule has 3 rings (SSSR count). The maximum atomic E-state index is 11.4. The van der Waals surface area contributed by atoms with Gasteiger partial charge in [0.2, 0.25) is 0 Å². The minimum Gasteiger partial charge on any atom is -0.481 e. The lowest BCUT2D eigenvalue weighted by atomic mass is 9.74. The second-order valence-corrected chi connectivity index (χ2v) is 6.13. The van der Waals surface area contributed by atoms with Crippen molar-refractivity contribution in [1.29, 1.82) is 0 Å². The molecule has 0 amide bonds. The quantitative estimate of drug-likeness (QED) is 0.877. The van der Waals surface area contributed by atoms with Crippen molar-refractivity contribution in [3.05, 3.63) is 35.4 Å². The number of aliphatic carboxylic acids is 1. The molecule has 1 aromatic rings. The summed E-state index contributed by atoms with van der Waals surface area (Å²) in [6.07, 6.45) is 8.09. The molecule has 0 radical (unpaired) electrons. The Bertz CT molecular complexity index is 445. The van der Waals surface area contributed by atoms with E-state index in [2.05, 4.69) is 24.3 Å². The highest BCUT2D eigenvalue weighted by atomic mass is 16.4. The summed E-state index contributed by atoms with van der Waals surface area (Å²) in [5, 5.41) is 9.36. The summed E-state index contributed by atoms with van der Waals surface area (Å²) in [4.78, 5) is 11.4. The number of hydrogen-bond acceptors (Lipinski definition) is 1. The molecule has 2 nitrogen and oxygen atoms in total. The van der Waals surface area contributed by atoms with E-state index in [9.17, 15) is 9.90 Å². The van der Waals surface area contributed by atoms with Crippen LogP contribution in [0.5, 0.6) is 0 Å². The van der Waals surface area contributed by atoms with Crippen LogP contribution in [0.1, 0.15) is 67.9 Å². The molecule has 2 atom stereocenters. The van der Waals surface area contributed by atoms with Crippen LogP contribution in [0.3, 0.4) is 0 Å². The first-order valence-corrected chi connectivity index (χ1v) is 7.58. The van der Waals surface area contributed by atoms with Gasteiger partial charge in [0.25, 0.3) is 0 Å². The van der Waals surface area contributed by atoms with Gasteiger partial charge in [-0.25, -0.2) is 0 Å². The van der Waals surface area contributed by atoms with Gasteiger partial charge in [-0.2, -0.15) is 0 Å². The molecule has 2 heteroatoms. The van der Waals surface area contributed by atoms with Gasteiger partial charge in [0.05, 0.1) is 5.92 Å². The zero-order chi connectivity index (χ0) is 13.2. The molecule has 1 N–H and O–H groups in total. The van der Waals surface area contributed by atoms with Crippen molar-refractivity contribution in [3.63, 3.8) is 0 Å². The Labute approximate surface area is 114 Å². The SMILES string of the molecule is O=C(O)C1CCCCC1c1ccc(C2CCC2)cc1. The predicted molar refractivity (Wildman–Crippen MR) is 75.4 cm³/mol. The van der Waals surface area contributed by atoms with E-state index in [1.54, 1.807) is 0 Å². The van der Waals surface area contributed by atoms with Gasteiger partial charge in [-0.15, -0.1) is 0 Å². The Balaban J connectivity index is 1.77.